The Kier molecular flexibility index (Phi) is 9.62. The lowest BCUT2D eigenvalue weighted by atomic mass is 9.78. The highest BCUT2D eigenvalue weighted by atomic mass is 15.3. The first kappa shape index (κ1) is 28.3. The zero-order valence-electron chi connectivity index (χ0n) is 23.6. The average Bonchev–Trinajstić information content (AvgIpc) is 3.75. The molecule has 5 rings (SSSR count). The fourth-order valence-electron chi connectivity index (χ4n) is 6.27. The normalized spacial score (nSPS) is 23.7. The molecule has 1 aromatic heterocycles. The van der Waals surface area contributed by atoms with E-state index in [2.05, 4.69) is 59.8 Å². The molecule has 1 unspecified atom stereocenters. The molecule has 7 nitrogen and oxygen atoms in total. The van der Waals surface area contributed by atoms with Gasteiger partial charge in [0.15, 0.2) is 0 Å². The van der Waals surface area contributed by atoms with E-state index >= 15 is 0 Å². The minimum atomic E-state index is 0.273. The van der Waals surface area contributed by atoms with E-state index in [1.54, 1.807) is 0 Å². The van der Waals surface area contributed by atoms with Gasteiger partial charge in [-0.15, -0.1) is 12.8 Å². The van der Waals surface area contributed by atoms with Gasteiger partial charge in [-0.25, -0.2) is 4.98 Å². The van der Waals surface area contributed by atoms with Crippen LogP contribution < -0.4 is 20.4 Å². The van der Waals surface area contributed by atoms with Crippen molar-refractivity contribution < 1.29 is 0 Å². The van der Waals surface area contributed by atoms with Gasteiger partial charge in [0, 0.05) is 56.8 Å². The van der Waals surface area contributed by atoms with Crippen LogP contribution in [0.5, 0.6) is 0 Å². The SMILES string of the molecule is C#C.C=C1CCCCC1/C(C)=C(\CCC)C(=N)c1cc(N2CCNC3(CC3)C2)nc(N2CCCNCC2)n1. The molecule has 2 aliphatic heterocycles. The molecule has 0 radical (unpaired) electrons. The summed E-state index contributed by atoms with van der Waals surface area (Å²) in [6, 6.07) is 2.10. The van der Waals surface area contributed by atoms with Crippen molar-refractivity contribution >= 4 is 17.5 Å². The van der Waals surface area contributed by atoms with E-state index in [1.807, 2.05) is 0 Å². The molecule has 2 aliphatic carbocycles. The Labute approximate surface area is 230 Å². The zero-order chi connectivity index (χ0) is 27.1. The van der Waals surface area contributed by atoms with Crippen molar-refractivity contribution in [2.24, 2.45) is 5.92 Å². The number of nitrogens with one attached hydrogen (secondary N) is 3. The van der Waals surface area contributed by atoms with Gasteiger partial charge < -0.3 is 20.4 Å². The number of aromatic nitrogens is 2. The van der Waals surface area contributed by atoms with Gasteiger partial charge in [0.25, 0.3) is 0 Å². The minimum absolute atomic E-state index is 0.273. The van der Waals surface area contributed by atoms with Crippen molar-refractivity contribution in [1.82, 2.24) is 20.6 Å². The fourth-order valence-corrected chi connectivity index (χ4v) is 6.27. The lowest BCUT2D eigenvalue weighted by Gasteiger charge is -2.35. The van der Waals surface area contributed by atoms with Crippen molar-refractivity contribution in [3.05, 3.63) is 35.1 Å². The minimum Gasteiger partial charge on any atom is -0.353 e. The Morgan fingerprint density at radius 3 is 2.63 bits per heavy atom. The highest BCUT2D eigenvalue weighted by Crippen LogP contribution is 2.39. The van der Waals surface area contributed by atoms with Crippen LogP contribution in [0.2, 0.25) is 0 Å². The predicted octanol–water partition coefficient (Wildman–Crippen LogP) is 4.70. The van der Waals surface area contributed by atoms with Crippen molar-refractivity contribution in [3.8, 4) is 12.8 Å². The maximum atomic E-state index is 9.42. The molecule has 38 heavy (non-hydrogen) atoms. The van der Waals surface area contributed by atoms with Gasteiger partial charge >= 0.3 is 0 Å². The number of anilines is 2. The maximum Gasteiger partial charge on any atom is 0.227 e. The van der Waals surface area contributed by atoms with Crippen LogP contribution in [0.1, 0.15) is 77.3 Å². The molecule has 1 atom stereocenters. The van der Waals surface area contributed by atoms with Gasteiger partial charge in [0.2, 0.25) is 5.95 Å². The molecule has 3 N–H and O–H groups in total. The number of piperazine rings is 1. The van der Waals surface area contributed by atoms with E-state index in [0.29, 0.717) is 11.6 Å². The lowest BCUT2D eigenvalue weighted by molar-refractivity contribution is 0.440. The number of hydrogen-bond donors (Lipinski definition) is 3. The molecule has 2 saturated carbocycles. The average molecular weight is 518 g/mol. The number of allylic oxidation sites excluding steroid dienone is 3. The van der Waals surface area contributed by atoms with E-state index < -0.39 is 0 Å². The smallest absolute Gasteiger partial charge is 0.227 e. The first-order valence-electron chi connectivity index (χ1n) is 14.6. The monoisotopic (exact) mass is 517 g/mol. The Bertz CT molecular complexity index is 1040. The summed E-state index contributed by atoms with van der Waals surface area (Å²) < 4.78 is 0. The Hall–Kier alpha value is -2.69. The van der Waals surface area contributed by atoms with Crippen LogP contribution in [0.25, 0.3) is 0 Å². The van der Waals surface area contributed by atoms with Crippen LogP contribution in [-0.2, 0) is 0 Å². The second kappa shape index (κ2) is 12.9. The first-order chi connectivity index (χ1) is 18.5. The third kappa shape index (κ3) is 6.47. The van der Waals surface area contributed by atoms with Gasteiger partial charge in [0.05, 0.1) is 11.4 Å². The summed E-state index contributed by atoms with van der Waals surface area (Å²) in [5, 5.41) is 16.6. The standard InChI is InChI=1S/C29H45N7.C2H2/c1-4-8-24(22(3)23-10-6-5-9-21(23)2)27(30)25-19-26(36-18-15-32-29(20-36)11-12-29)34-28(33-25)35-16-7-13-31-14-17-35;1-2/h19,23,30-32H,2,4-18,20H2,1,3H3;1-2H/b24-22+,30-27?;. The topological polar surface area (TPSA) is 80.2 Å². The second-order valence-corrected chi connectivity index (χ2v) is 11.4. The number of rotatable bonds is 7. The fraction of sp³-hybridized carbons (Fsp3) is 0.645. The second-order valence-electron chi connectivity index (χ2n) is 11.4. The molecule has 4 aliphatic rings. The molecule has 1 spiro atoms. The quantitative estimate of drug-likeness (QED) is 0.276. The van der Waals surface area contributed by atoms with E-state index in [0.717, 1.165) is 101 Å². The molecule has 2 saturated heterocycles. The van der Waals surface area contributed by atoms with Gasteiger partial charge in [-0.1, -0.05) is 37.5 Å². The molecular weight excluding hydrogens is 470 g/mol. The van der Waals surface area contributed by atoms with Crippen LogP contribution >= 0.6 is 0 Å². The summed E-state index contributed by atoms with van der Waals surface area (Å²) in [6.07, 6.45) is 18.3. The number of nitrogens with zero attached hydrogens (tertiary/aromatic N) is 4. The van der Waals surface area contributed by atoms with Crippen molar-refractivity contribution in [1.29, 1.82) is 5.41 Å². The summed E-state index contributed by atoms with van der Waals surface area (Å²) in [6.45, 7) is 15.6. The van der Waals surface area contributed by atoms with Crippen molar-refractivity contribution in [2.75, 3.05) is 55.6 Å². The Morgan fingerprint density at radius 1 is 1.11 bits per heavy atom. The van der Waals surface area contributed by atoms with Gasteiger partial charge in [-0.05, 0) is 64.0 Å². The Balaban J connectivity index is 0.00000164. The van der Waals surface area contributed by atoms with E-state index in [-0.39, 0.29) is 5.54 Å². The number of terminal acetylenes is 1. The molecular formula is C31H47N7. The van der Waals surface area contributed by atoms with Crippen LogP contribution in [0, 0.1) is 24.2 Å². The molecule has 3 heterocycles. The summed E-state index contributed by atoms with van der Waals surface area (Å²) in [5.74, 6) is 2.18. The molecule has 7 heteroatoms. The third-order valence-electron chi connectivity index (χ3n) is 8.67. The zero-order valence-corrected chi connectivity index (χ0v) is 23.6. The summed E-state index contributed by atoms with van der Waals surface area (Å²) in [4.78, 5) is 14.9. The highest BCUT2D eigenvalue weighted by molar-refractivity contribution is 6.10. The third-order valence-corrected chi connectivity index (χ3v) is 8.67. The van der Waals surface area contributed by atoms with Gasteiger partial charge in [-0.2, -0.15) is 4.98 Å². The maximum absolute atomic E-state index is 9.42. The molecule has 4 fully saturated rings. The summed E-state index contributed by atoms with van der Waals surface area (Å²) in [5.41, 5.74) is 5.48. The predicted molar refractivity (Wildman–Crippen MR) is 159 cm³/mol. The molecule has 0 bridgehead atoms. The van der Waals surface area contributed by atoms with E-state index in [9.17, 15) is 5.41 Å². The Morgan fingerprint density at radius 2 is 1.89 bits per heavy atom. The molecule has 1 aromatic rings. The first-order valence-corrected chi connectivity index (χ1v) is 14.6. The van der Waals surface area contributed by atoms with Gasteiger partial charge in [-0.3, -0.25) is 5.41 Å². The van der Waals surface area contributed by atoms with Crippen LogP contribution in [0.4, 0.5) is 11.8 Å². The molecule has 0 aromatic carbocycles. The summed E-state index contributed by atoms with van der Waals surface area (Å²) in [7, 11) is 0. The molecule has 0 amide bonds. The number of hydrogen-bond acceptors (Lipinski definition) is 7. The molecule has 206 valence electrons. The van der Waals surface area contributed by atoms with E-state index in [4.69, 9.17) is 9.97 Å². The lowest BCUT2D eigenvalue weighted by Crippen LogP contribution is -2.53. The van der Waals surface area contributed by atoms with Crippen molar-refractivity contribution in [2.45, 2.75) is 77.2 Å². The summed E-state index contributed by atoms with van der Waals surface area (Å²) >= 11 is 0. The van der Waals surface area contributed by atoms with E-state index in [1.165, 1.54) is 36.8 Å². The largest absolute Gasteiger partial charge is 0.353 e. The highest BCUT2D eigenvalue weighted by Gasteiger charge is 2.46. The van der Waals surface area contributed by atoms with Gasteiger partial charge in [0.1, 0.15) is 5.82 Å². The van der Waals surface area contributed by atoms with Crippen LogP contribution in [-0.4, -0.2) is 67.0 Å². The van der Waals surface area contributed by atoms with Crippen LogP contribution in [0.3, 0.4) is 0 Å². The van der Waals surface area contributed by atoms with Crippen molar-refractivity contribution in [3.63, 3.8) is 0 Å². The van der Waals surface area contributed by atoms with Crippen LogP contribution in [0.15, 0.2) is 29.4 Å².